The van der Waals surface area contributed by atoms with Crippen LogP contribution in [0.5, 0.6) is 0 Å². The second-order valence-electron chi connectivity index (χ2n) is 5.00. The molecular formula is C14H14F3N3O. The highest BCUT2D eigenvalue weighted by Crippen LogP contribution is 2.32. The lowest BCUT2D eigenvalue weighted by atomic mass is 10.0. The zero-order valence-corrected chi connectivity index (χ0v) is 11.3. The van der Waals surface area contributed by atoms with Gasteiger partial charge < -0.3 is 10.6 Å². The van der Waals surface area contributed by atoms with Crippen LogP contribution < -0.4 is 10.6 Å². The van der Waals surface area contributed by atoms with Gasteiger partial charge in [0.15, 0.2) is 0 Å². The molecule has 1 aromatic carbocycles. The molecule has 1 amide bonds. The Hall–Kier alpha value is -2.07. The van der Waals surface area contributed by atoms with E-state index in [-0.39, 0.29) is 29.1 Å². The summed E-state index contributed by atoms with van der Waals surface area (Å²) in [5.41, 5.74) is -1.00. The molecule has 2 unspecified atom stereocenters. The number of nitrogens with zero attached hydrogens (tertiary/aromatic N) is 1. The van der Waals surface area contributed by atoms with Crippen LogP contribution in [0.25, 0.3) is 0 Å². The molecule has 7 heteroatoms. The predicted octanol–water partition coefficient (Wildman–Crippen LogP) is 2.51. The average Bonchev–Trinajstić information content (AvgIpc) is 2.84. The summed E-state index contributed by atoms with van der Waals surface area (Å²) in [4.78, 5) is 12.1. The number of amides is 1. The Labute approximate surface area is 119 Å². The predicted molar refractivity (Wildman–Crippen MR) is 70.4 cm³/mol. The third kappa shape index (κ3) is 3.34. The Bertz CT molecular complexity index is 592. The Morgan fingerprint density at radius 3 is 2.71 bits per heavy atom. The zero-order valence-electron chi connectivity index (χ0n) is 11.3. The van der Waals surface area contributed by atoms with Crippen LogP contribution in [0.1, 0.15) is 24.5 Å². The van der Waals surface area contributed by atoms with Crippen molar-refractivity contribution in [1.29, 1.82) is 5.26 Å². The fourth-order valence-electron chi connectivity index (χ4n) is 2.36. The number of rotatable bonds is 2. The highest BCUT2D eigenvalue weighted by Gasteiger charge is 2.32. The number of anilines is 1. The van der Waals surface area contributed by atoms with Crippen LogP contribution in [0, 0.1) is 17.2 Å². The Morgan fingerprint density at radius 2 is 2.19 bits per heavy atom. The molecule has 1 saturated heterocycles. The van der Waals surface area contributed by atoms with E-state index < -0.39 is 11.7 Å². The summed E-state index contributed by atoms with van der Waals surface area (Å²) in [5, 5.41) is 14.6. The van der Waals surface area contributed by atoms with Gasteiger partial charge in [-0.15, -0.1) is 0 Å². The Balaban J connectivity index is 2.21. The number of nitrogens with one attached hydrogen (secondary N) is 2. The largest absolute Gasteiger partial charge is 0.416 e. The van der Waals surface area contributed by atoms with Crippen LogP contribution in [0.2, 0.25) is 0 Å². The van der Waals surface area contributed by atoms with Crippen LogP contribution in [0.15, 0.2) is 18.2 Å². The fraction of sp³-hybridized carbons (Fsp3) is 0.429. The molecule has 112 valence electrons. The summed E-state index contributed by atoms with van der Waals surface area (Å²) in [6.45, 7) is 2.59. The number of benzene rings is 1. The molecule has 1 heterocycles. The maximum Gasteiger partial charge on any atom is 0.416 e. The number of hydrogen-bond donors (Lipinski definition) is 2. The molecule has 21 heavy (non-hydrogen) atoms. The number of alkyl halides is 3. The van der Waals surface area contributed by atoms with Crippen LogP contribution in [-0.2, 0) is 11.0 Å². The molecule has 0 saturated carbocycles. The number of carbonyl (C=O) groups excluding carboxylic acids is 1. The van der Waals surface area contributed by atoms with Gasteiger partial charge in [0.2, 0.25) is 5.91 Å². The number of carbonyl (C=O) groups is 1. The van der Waals surface area contributed by atoms with E-state index in [9.17, 15) is 18.0 Å². The molecular weight excluding hydrogens is 283 g/mol. The third-order valence-electron chi connectivity index (χ3n) is 3.59. The molecule has 1 aromatic rings. The summed E-state index contributed by atoms with van der Waals surface area (Å²) in [5.74, 6) is -0.539. The van der Waals surface area contributed by atoms with Crippen molar-refractivity contribution in [1.82, 2.24) is 5.32 Å². The molecule has 0 aromatic heterocycles. The Kier molecular flexibility index (Phi) is 4.19. The van der Waals surface area contributed by atoms with E-state index in [0.29, 0.717) is 6.42 Å². The van der Waals surface area contributed by atoms with Crippen LogP contribution in [0.4, 0.5) is 18.9 Å². The van der Waals surface area contributed by atoms with E-state index in [2.05, 4.69) is 10.6 Å². The van der Waals surface area contributed by atoms with Gasteiger partial charge in [0.1, 0.15) is 6.07 Å². The maximum absolute atomic E-state index is 12.6. The number of nitriles is 1. The van der Waals surface area contributed by atoms with E-state index >= 15 is 0 Å². The minimum Gasteiger partial charge on any atom is -0.325 e. The number of hydrogen-bond acceptors (Lipinski definition) is 3. The highest BCUT2D eigenvalue weighted by atomic mass is 19.4. The van der Waals surface area contributed by atoms with E-state index in [4.69, 9.17) is 5.26 Å². The van der Waals surface area contributed by atoms with E-state index in [1.54, 1.807) is 6.07 Å². The van der Waals surface area contributed by atoms with Crippen molar-refractivity contribution in [2.75, 3.05) is 11.9 Å². The quantitative estimate of drug-likeness (QED) is 0.881. The van der Waals surface area contributed by atoms with Gasteiger partial charge in [0.25, 0.3) is 0 Å². The summed E-state index contributed by atoms with van der Waals surface area (Å²) in [6.07, 6.45) is -3.85. The fourth-order valence-corrected chi connectivity index (χ4v) is 2.36. The van der Waals surface area contributed by atoms with Gasteiger partial charge in [-0.1, -0.05) is 0 Å². The zero-order chi connectivity index (χ0) is 15.6. The van der Waals surface area contributed by atoms with Crippen molar-refractivity contribution in [3.63, 3.8) is 0 Å². The van der Waals surface area contributed by atoms with E-state index in [0.717, 1.165) is 24.7 Å². The van der Waals surface area contributed by atoms with Crippen molar-refractivity contribution < 1.29 is 18.0 Å². The monoisotopic (exact) mass is 297 g/mol. The first-order valence-electron chi connectivity index (χ1n) is 6.48. The van der Waals surface area contributed by atoms with E-state index in [1.807, 2.05) is 6.92 Å². The minimum absolute atomic E-state index is 0.00461. The lowest BCUT2D eigenvalue weighted by Gasteiger charge is -2.16. The molecule has 0 spiro atoms. The van der Waals surface area contributed by atoms with Gasteiger partial charge >= 0.3 is 6.18 Å². The minimum atomic E-state index is -4.52. The van der Waals surface area contributed by atoms with E-state index in [1.165, 1.54) is 0 Å². The van der Waals surface area contributed by atoms with Crippen LogP contribution in [-0.4, -0.2) is 18.5 Å². The third-order valence-corrected chi connectivity index (χ3v) is 3.59. The molecule has 2 atom stereocenters. The molecule has 2 rings (SSSR count). The normalized spacial score (nSPS) is 21.9. The van der Waals surface area contributed by atoms with Gasteiger partial charge in [-0.25, -0.2) is 0 Å². The number of halogens is 3. The van der Waals surface area contributed by atoms with Crippen LogP contribution in [0.3, 0.4) is 0 Å². The molecule has 0 bridgehead atoms. The van der Waals surface area contributed by atoms with Gasteiger partial charge in [-0.3, -0.25) is 4.79 Å². The van der Waals surface area contributed by atoms with Gasteiger partial charge in [0.05, 0.1) is 22.7 Å². The molecule has 1 fully saturated rings. The molecule has 2 N–H and O–H groups in total. The summed E-state index contributed by atoms with van der Waals surface area (Å²) in [7, 11) is 0. The van der Waals surface area contributed by atoms with Crippen molar-refractivity contribution in [3.05, 3.63) is 29.3 Å². The molecule has 1 aliphatic rings. The summed E-state index contributed by atoms with van der Waals surface area (Å²) < 4.78 is 37.8. The standard InChI is InChI=1S/C14H14F3N3O/c1-8-11(4-5-19-8)13(21)20-12-3-2-10(14(15,16)17)6-9(12)7-18/h2-3,6,8,11,19H,4-5H2,1H3,(H,20,21). The molecule has 0 aliphatic carbocycles. The van der Waals surface area contributed by atoms with Gasteiger partial charge in [-0.2, -0.15) is 18.4 Å². The topological polar surface area (TPSA) is 64.9 Å². The summed E-state index contributed by atoms with van der Waals surface area (Å²) >= 11 is 0. The smallest absolute Gasteiger partial charge is 0.325 e. The molecule has 0 radical (unpaired) electrons. The first-order valence-corrected chi connectivity index (χ1v) is 6.48. The van der Waals surface area contributed by atoms with Crippen molar-refractivity contribution >= 4 is 11.6 Å². The first kappa shape index (κ1) is 15.3. The highest BCUT2D eigenvalue weighted by molar-refractivity contribution is 5.94. The Morgan fingerprint density at radius 1 is 1.48 bits per heavy atom. The van der Waals surface area contributed by atoms with Gasteiger partial charge in [-0.05, 0) is 38.1 Å². The second-order valence-corrected chi connectivity index (χ2v) is 5.00. The summed E-state index contributed by atoms with van der Waals surface area (Å²) in [6, 6.07) is 4.40. The molecule has 1 aliphatic heterocycles. The van der Waals surface area contributed by atoms with Crippen molar-refractivity contribution in [3.8, 4) is 6.07 Å². The van der Waals surface area contributed by atoms with Crippen molar-refractivity contribution in [2.45, 2.75) is 25.6 Å². The van der Waals surface area contributed by atoms with Gasteiger partial charge in [0, 0.05) is 6.04 Å². The van der Waals surface area contributed by atoms with Crippen molar-refractivity contribution in [2.24, 2.45) is 5.92 Å². The first-order chi connectivity index (χ1) is 9.82. The van der Waals surface area contributed by atoms with Crippen LogP contribution >= 0.6 is 0 Å². The average molecular weight is 297 g/mol. The maximum atomic E-state index is 12.6. The lowest BCUT2D eigenvalue weighted by molar-refractivity contribution is -0.137. The SMILES string of the molecule is CC1NCCC1C(=O)Nc1ccc(C(F)(F)F)cc1C#N. The lowest BCUT2D eigenvalue weighted by Crippen LogP contribution is -2.32. The molecule has 4 nitrogen and oxygen atoms in total. The second kappa shape index (κ2) is 5.74.